The third kappa shape index (κ3) is 2.78. The van der Waals surface area contributed by atoms with Crippen molar-refractivity contribution in [3.63, 3.8) is 0 Å². The SMILES string of the molecule is CNc1nc(C2CC2)nc(N(C)C(C)CC#N)c1C. The maximum atomic E-state index is 8.83. The van der Waals surface area contributed by atoms with Gasteiger partial charge in [-0.15, -0.1) is 0 Å². The van der Waals surface area contributed by atoms with E-state index in [0.29, 0.717) is 12.3 Å². The highest BCUT2D eigenvalue weighted by Crippen LogP contribution is 2.40. The Morgan fingerprint density at radius 1 is 1.47 bits per heavy atom. The van der Waals surface area contributed by atoms with Crippen LogP contribution in [0.3, 0.4) is 0 Å². The second-order valence-corrected chi connectivity index (χ2v) is 5.23. The summed E-state index contributed by atoms with van der Waals surface area (Å²) >= 11 is 0. The number of nitriles is 1. The molecule has 0 bridgehead atoms. The average molecular weight is 259 g/mol. The van der Waals surface area contributed by atoms with E-state index in [4.69, 9.17) is 10.2 Å². The maximum absolute atomic E-state index is 8.83. The van der Waals surface area contributed by atoms with Gasteiger partial charge in [-0.2, -0.15) is 5.26 Å². The van der Waals surface area contributed by atoms with E-state index < -0.39 is 0 Å². The van der Waals surface area contributed by atoms with Gasteiger partial charge in [0, 0.05) is 31.6 Å². The molecule has 0 radical (unpaired) electrons. The molecular weight excluding hydrogens is 238 g/mol. The first-order chi connectivity index (χ1) is 9.08. The molecule has 2 rings (SSSR count). The molecule has 1 aromatic heterocycles. The minimum atomic E-state index is 0.148. The van der Waals surface area contributed by atoms with Crippen molar-refractivity contribution in [2.45, 2.75) is 45.1 Å². The Morgan fingerprint density at radius 2 is 2.16 bits per heavy atom. The highest BCUT2D eigenvalue weighted by Gasteiger charge is 2.29. The molecule has 1 aromatic rings. The predicted octanol–water partition coefficient (Wildman–Crippen LogP) is 2.44. The normalized spacial score (nSPS) is 15.7. The van der Waals surface area contributed by atoms with Crippen LogP contribution in [-0.2, 0) is 0 Å². The van der Waals surface area contributed by atoms with Crippen LogP contribution in [0.15, 0.2) is 0 Å². The van der Waals surface area contributed by atoms with E-state index in [1.807, 2.05) is 27.9 Å². The van der Waals surface area contributed by atoms with Crippen LogP contribution in [0.5, 0.6) is 0 Å². The van der Waals surface area contributed by atoms with Crippen LogP contribution in [0.2, 0.25) is 0 Å². The van der Waals surface area contributed by atoms with Crippen molar-refractivity contribution < 1.29 is 0 Å². The number of nitrogens with one attached hydrogen (secondary N) is 1. The summed E-state index contributed by atoms with van der Waals surface area (Å²) in [6.45, 7) is 4.06. The molecule has 1 saturated carbocycles. The first-order valence-corrected chi connectivity index (χ1v) is 6.74. The molecule has 1 atom stereocenters. The molecule has 1 aliphatic carbocycles. The largest absolute Gasteiger partial charge is 0.373 e. The minimum absolute atomic E-state index is 0.148. The maximum Gasteiger partial charge on any atom is 0.137 e. The lowest BCUT2D eigenvalue weighted by atomic mass is 10.2. The topological polar surface area (TPSA) is 64.8 Å². The van der Waals surface area contributed by atoms with Gasteiger partial charge in [-0.1, -0.05) is 0 Å². The van der Waals surface area contributed by atoms with E-state index in [1.54, 1.807) is 0 Å². The van der Waals surface area contributed by atoms with Crippen LogP contribution in [0.4, 0.5) is 11.6 Å². The number of hydrogen-bond donors (Lipinski definition) is 1. The summed E-state index contributed by atoms with van der Waals surface area (Å²) in [6.07, 6.45) is 2.86. The molecule has 102 valence electrons. The van der Waals surface area contributed by atoms with Crippen LogP contribution >= 0.6 is 0 Å². The van der Waals surface area contributed by atoms with Crippen molar-refractivity contribution in [1.29, 1.82) is 5.26 Å². The number of rotatable bonds is 5. The quantitative estimate of drug-likeness (QED) is 0.879. The van der Waals surface area contributed by atoms with Gasteiger partial charge in [0.2, 0.25) is 0 Å². The van der Waals surface area contributed by atoms with Gasteiger partial charge in [0.05, 0.1) is 12.5 Å². The summed E-state index contributed by atoms with van der Waals surface area (Å²) in [5.41, 5.74) is 1.04. The van der Waals surface area contributed by atoms with E-state index in [1.165, 1.54) is 12.8 Å². The molecular formula is C14H21N5. The Kier molecular flexibility index (Phi) is 3.89. The van der Waals surface area contributed by atoms with Gasteiger partial charge >= 0.3 is 0 Å². The molecule has 0 aliphatic heterocycles. The van der Waals surface area contributed by atoms with E-state index >= 15 is 0 Å². The third-order valence-electron chi connectivity index (χ3n) is 3.70. The highest BCUT2D eigenvalue weighted by atomic mass is 15.2. The van der Waals surface area contributed by atoms with Crippen molar-refractivity contribution in [2.75, 3.05) is 24.3 Å². The van der Waals surface area contributed by atoms with E-state index in [0.717, 1.165) is 23.0 Å². The van der Waals surface area contributed by atoms with Crippen LogP contribution in [0.1, 0.15) is 43.5 Å². The Labute approximate surface area is 114 Å². The average Bonchev–Trinajstić information content (AvgIpc) is 3.23. The van der Waals surface area contributed by atoms with Crippen molar-refractivity contribution in [1.82, 2.24) is 9.97 Å². The summed E-state index contributed by atoms with van der Waals surface area (Å²) in [4.78, 5) is 11.4. The Bertz CT molecular complexity index is 501. The van der Waals surface area contributed by atoms with Crippen molar-refractivity contribution in [3.8, 4) is 6.07 Å². The second kappa shape index (κ2) is 5.43. The van der Waals surface area contributed by atoms with Crippen LogP contribution in [-0.4, -0.2) is 30.1 Å². The fourth-order valence-electron chi connectivity index (χ4n) is 2.11. The molecule has 0 aromatic carbocycles. The summed E-state index contributed by atoms with van der Waals surface area (Å²) in [5, 5.41) is 12.0. The zero-order chi connectivity index (χ0) is 14.0. The van der Waals surface area contributed by atoms with E-state index in [2.05, 4.69) is 21.3 Å². The summed E-state index contributed by atoms with van der Waals surface area (Å²) in [6, 6.07) is 2.36. The molecule has 5 heteroatoms. The monoisotopic (exact) mass is 259 g/mol. The highest BCUT2D eigenvalue weighted by molar-refractivity contribution is 5.59. The number of nitrogens with zero attached hydrogens (tertiary/aromatic N) is 4. The molecule has 1 heterocycles. The fourth-order valence-corrected chi connectivity index (χ4v) is 2.11. The lowest BCUT2D eigenvalue weighted by Gasteiger charge is -2.26. The zero-order valence-corrected chi connectivity index (χ0v) is 12.1. The predicted molar refractivity (Wildman–Crippen MR) is 76.4 cm³/mol. The lowest BCUT2D eigenvalue weighted by molar-refractivity contribution is 0.686. The van der Waals surface area contributed by atoms with Crippen molar-refractivity contribution in [2.24, 2.45) is 0 Å². The van der Waals surface area contributed by atoms with Crippen LogP contribution in [0, 0.1) is 18.3 Å². The second-order valence-electron chi connectivity index (χ2n) is 5.23. The molecule has 1 N–H and O–H groups in total. The number of hydrogen-bond acceptors (Lipinski definition) is 5. The molecule has 0 spiro atoms. The zero-order valence-electron chi connectivity index (χ0n) is 12.1. The molecule has 0 amide bonds. The third-order valence-corrected chi connectivity index (χ3v) is 3.70. The first kappa shape index (κ1) is 13.6. The number of aromatic nitrogens is 2. The van der Waals surface area contributed by atoms with Gasteiger partial charge in [0.25, 0.3) is 0 Å². The van der Waals surface area contributed by atoms with Gasteiger partial charge in [-0.3, -0.25) is 0 Å². The molecule has 1 aliphatic rings. The molecule has 0 saturated heterocycles. The van der Waals surface area contributed by atoms with Gasteiger partial charge in [0.15, 0.2) is 0 Å². The van der Waals surface area contributed by atoms with Crippen molar-refractivity contribution in [3.05, 3.63) is 11.4 Å². The van der Waals surface area contributed by atoms with E-state index in [9.17, 15) is 0 Å². The van der Waals surface area contributed by atoms with E-state index in [-0.39, 0.29) is 6.04 Å². The minimum Gasteiger partial charge on any atom is -0.373 e. The Balaban J connectivity index is 2.37. The first-order valence-electron chi connectivity index (χ1n) is 6.74. The Morgan fingerprint density at radius 3 is 2.68 bits per heavy atom. The van der Waals surface area contributed by atoms with Gasteiger partial charge in [-0.25, -0.2) is 9.97 Å². The van der Waals surface area contributed by atoms with Gasteiger partial charge in [0.1, 0.15) is 17.5 Å². The fraction of sp³-hybridized carbons (Fsp3) is 0.643. The summed E-state index contributed by atoms with van der Waals surface area (Å²) < 4.78 is 0. The number of anilines is 2. The smallest absolute Gasteiger partial charge is 0.137 e. The molecule has 1 unspecified atom stereocenters. The molecule has 1 fully saturated rings. The standard InChI is InChI=1S/C14H21N5/c1-9(7-8-15)19(4)14-10(2)12(16-3)17-13(18-14)11-5-6-11/h9,11H,5-7H2,1-4H3,(H,16,17,18). The Hall–Kier alpha value is -1.83. The summed E-state index contributed by atoms with van der Waals surface area (Å²) in [5.74, 6) is 3.28. The summed E-state index contributed by atoms with van der Waals surface area (Å²) in [7, 11) is 3.88. The van der Waals surface area contributed by atoms with Crippen LogP contribution < -0.4 is 10.2 Å². The molecule has 19 heavy (non-hydrogen) atoms. The molecule has 5 nitrogen and oxygen atoms in total. The van der Waals surface area contributed by atoms with Crippen molar-refractivity contribution >= 4 is 11.6 Å². The lowest BCUT2D eigenvalue weighted by Crippen LogP contribution is -2.30. The van der Waals surface area contributed by atoms with Gasteiger partial charge in [-0.05, 0) is 26.7 Å². The van der Waals surface area contributed by atoms with Gasteiger partial charge < -0.3 is 10.2 Å². The van der Waals surface area contributed by atoms with Crippen LogP contribution in [0.25, 0.3) is 0 Å².